The van der Waals surface area contributed by atoms with E-state index in [1.807, 2.05) is 62.4 Å². The van der Waals surface area contributed by atoms with Crippen molar-refractivity contribution < 1.29 is 4.79 Å². The van der Waals surface area contributed by atoms with Gasteiger partial charge in [0.15, 0.2) is 5.78 Å². The summed E-state index contributed by atoms with van der Waals surface area (Å²) >= 11 is 1.35. The summed E-state index contributed by atoms with van der Waals surface area (Å²) in [5, 5.41) is 13.1. The van der Waals surface area contributed by atoms with E-state index in [4.69, 9.17) is 0 Å². The van der Waals surface area contributed by atoms with Crippen molar-refractivity contribution in [2.24, 2.45) is 0 Å². The highest BCUT2D eigenvalue weighted by Gasteiger charge is 2.22. The van der Waals surface area contributed by atoms with Crippen LogP contribution in [0.25, 0.3) is 16.6 Å². The molecule has 4 rings (SSSR count). The zero-order valence-corrected chi connectivity index (χ0v) is 15.2. The van der Waals surface area contributed by atoms with E-state index < -0.39 is 0 Å². The quantitative estimate of drug-likeness (QED) is 0.431. The largest absolute Gasteiger partial charge is 0.360 e. The highest BCUT2D eigenvalue weighted by Crippen LogP contribution is 2.28. The fraction of sp³-hybridized carbons (Fsp3) is 0.158. The summed E-state index contributed by atoms with van der Waals surface area (Å²) in [6.07, 6.45) is 1.77. The Bertz CT molecular complexity index is 1070. The molecule has 1 N–H and O–H groups in total. The van der Waals surface area contributed by atoms with E-state index in [-0.39, 0.29) is 11.0 Å². The first-order chi connectivity index (χ1) is 12.6. The maximum Gasteiger partial charge on any atom is 0.214 e. The molecule has 26 heavy (non-hydrogen) atoms. The van der Waals surface area contributed by atoms with Crippen molar-refractivity contribution in [2.75, 3.05) is 0 Å². The molecule has 0 amide bonds. The van der Waals surface area contributed by atoms with Crippen LogP contribution in [0.2, 0.25) is 0 Å². The van der Waals surface area contributed by atoms with E-state index in [0.717, 1.165) is 16.6 Å². The standard InChI is InChI=1S/C19H17N5OS/c1-12-7-9-14(10-8-12)24-19(21-22-23-24)26-13(2)18(25)16-11-20-17-6-4-3-5-15(16)17/h3-11,13,20H,1-2H3/t13-/m0/s1. The number of hydrogen-bond acceptors (Lipinski definition) is 5. The number of nitrogens with one attached hydrogen (secondary N) is 1. The van der Waals surface area contributed by atoms with Gasteiger partial charge in [-0.2, -0.15) is 4.68 Å². The lowest BCUT2D eigenvalue weighted by Crippen LogP contribution is -2.14. The number of benzene rings is 2. The van der Waals surface area contributed by atoms with Crippen LogP contribution in [0.15, 0.2) is 59.9 Å². The zero-order valence-electron chi connectivity index (χ0n) is 14.4. The summed E-state index contributed by atoms with van der Waals surface area (Å²) in [7, 11) is 0. The Hall–Kier alpha value is -2.93. The van der Waals surface area contributed by atoms with Crippen molar-refractivity contribution in [2.45, 2.75) is 24.3 Å². The van der Waals surface area contributed by atoms with E-state index in [1.165, 1.54) is 17.3 Å². The van der Waals surface area contributed by atoms with Crippen molar-refractivity contribution in [1.29, 1.82) is 0 Å². The molecule has 2 aromatic heterocycles. The van der Waals surface area contributed by atoms with E-state index >= 15 is 0 Å². The predicted molar refractivity (Wildman–Crippen MR) is 102 cm³/mol. The summed E-state index contributed by atoms with van der Waals surface area (Å²) in [6, 6.07) is 15.7. The van der Waals surface area contributed by atoms with Crippen LogP contribution < -0.4 is 0 Å². The molecule has 7 heteroatoms. The van der Waals surface area contributed by atoms with Gasteiger partial charge in [-0.15, -0.1) is 5.10 Å². The van der Waals surface area contributed by atoms with Gasteiger partial charge >= 0.3 is 0 Å². The van der Waals surface area contributed by atoms with Crippen molar-refractivity contribution in [1.82, 2.24) is 25.2 Å². The van der Waals surface area contributed by atoms with Crippen LogP contribution in [-0.4, -0.2) is 36.2 Å². The van der Waals surface area contributed by atoms with Crippen LogP contribution in [0.5, 0.6) is 0 Å². The molecule has 4 aromatic rings. The number of carbonyl (C=O) groups excluding carboxylic acids is 1. The molecule has 0 fully saturated rings. The average Bonchev–Trinajstić information content (AvgIpc) is 3.28. The molecule has 2 heterocycles. The first kappa shape index (κ1) is 16.5. The fourth-order valence-electron chi connectivity index (χ4n) is 2.81. The molecule has 0 spiro atoms. The summed E-state index contributed by atoms with van der Waals surface area (Å²) in [5.41, 5.74) is 3.68. The molecule has 6 nitrogen and oxygen atoms in total. The van der Waals surface area contributed by atoms with Crippen molar-refractivity contribution in [3.63, 3.8) is 0 Å². The number of hydrogen-bond donors (Lipinski definition) is 1. The molecule has 0 aliphatic carbocycles. The molecule has 2 aromatic carbocycles. The number of rotatable bonds is 5. The van der Waals surface area contributed by atoms with Gasteiger partial charge in [-0.1, -0.05) is 47.7 Å². The van der Waals surface area contributed by atoms with Gasteiger partial charge in [0.2, 0.25) is 5.16 Å². The van der Waals surface area contributed by atoms with Gasteiger partial charge in [-0.25, -0.2) is 0 Å². The lowest BCUT2D eigenvalue weighted by atomic mass is 10.1. The number of Topliss-reactive ketones (excluding diaryl/α,β-unsaturated/α-hetero) is 1. The van der Waals surface area contributed by atoms with Gasteiger partial charge in [-0.3, -0.25) is 4.79 Å². The number of nitrogens with zero attached hydrogens (tertiary/aromatic N) is 4. The van der Waals surface area contributed by atoms with Crippen LogP contribution in [0.1, 0.15) is 22.8 Å². The van der Waals surface area contributed by atoms with E-state index in [0.29, 0.717) is 10.7 Å². The van der Waals surface area contributed by atoms with E-state index in [1.54, 1.807) is 10.9 Å². The number of aromatic amines is 1. The Balaban J connectivity index is 1.59. The lowest BCUT2D eigenvalue weighted by molar-refractivity contribution is 0.0995. The summed E-state index contributed by atoms with van der Waals surface area (Å²) in [6.45, 7) is 3.91. The summed E-state index contributed by atoms with van der Waals surface area (Å²) in [5.74, 6) is 0.0471. The molecule has 0 aliphatic heterocycles. The van der Waals surface area contributed by atoms with Crippen LogP contribution in [0.4, 0.5) is 0 Å². The van der Waals surface area contributed by atoms with Crippen molar-refractivity contribution in [3.8, 4) is 5.69 Å². The molecular weight excluding hydrogens is 346 g/mol. The molecule has 0 radical (unpaired) electrons. The second-order valence-corrected chi connectivity index (χ2v) is 7.39. The Labute approximate surface area is 154 Å². The number of para-hydroxylation sites is 1. The number of ketones is 1. The zero-order chi connectivity index (χ0) is 18.1. The Morgan fingerprint density at radius 1 is 1.15 bits per heavy atom. The Morgan fingerprint density at radius 2 is 1.92 bits per heavy atom. The second kappa shape index (κ2) is 6.76. The minimum atomic E-state index is -0.315. The summed E-state index contributed by atoms with van der Waals surface area (Å²) < 4.78 is 1.66. The molecule has 0 unspecified atom stereocenters. The SMILES string of the molecule is Cc1ccc(-n2nnnc2S[C@@H](C)C(=O)c2c[nH]c3ccccc23)cc1. The third-order valence-electron chi connectivity index (χ3n) is 4.23. The maximum absolute atomic E-state index is 12.9. The third-order valence-corrected chi connectivity index (χ3v) is 5.26. The topological polar surface area (TPSA) is 76.5 Å². The molecule has 1 atom stereocenters. The monoisotopic (exact) mass is 363 g/mol. The molecule has 0 saturated heterocycles. The number of tetrazole rings is 1. The number of thioether (sulfide) groups is 1. The van der Waals surface area contributed by atoms with Gasteiger partial charge in [0.25, 0.3) is 0 Å². The summed E-state index contributed by atoms with van der Waals surface area (Å²) in [4.78, 5) is 16.1. The van der Waals surface area contributed by atoms with Gasteiger partial charge in [0.1, 0.15) is 0 Å². The predicted octanol–water partition coefficient (Wildman–Crippen LogP) is 3.82. The van der Waals surface area contributed by atoms with E-state index in [9.17, 15) is 4.79 Å². The number of aryl methyl sites for hydroxylation is 1. The van der Waals surface area contributed by atoms with Gasteiger partial charge in [0.05, 0.1) is 10.9 Å². The maximum atomic E-state index is 12.9. The number of carbonyl (C=O) groups is 1. The normalized spacial score (nSPS) is 12.4. The van der Waals surface area contributed by atoms with Crippen LogP contribution >= 0.6 is 11.8 Å². The number of aromatic nitrogens is 5. The first-order valence-corrected chi connectivity index (χ1v) is 9.14. The lowest BCUT2D eigenvalue weighted by Gasteiger charge is -2.10. The van der Waals surface area contributed by atoms with Crippen LogP contribution in [0, 0.1) is 6.92 Å². The fourth-order valence-corrected chi connectivity index (χ4v) is 3.68. The number of fused-ring (bicyclic) bond motifs is 1. The molecule has 130 valence electrons. The van der Waals surface area contributed by atoms with Crippen molar-refractivity contribution >= 4 is 28.4 Å². The third kappa shape index (κ3) is 3.01. The minimum Gasteiger partial charge on any atom is -0.360 e. The highest BCUT2D eigenvalue weighted by molar-refractivity contribution is 8.00. The van der Waals surface area contributed by atoms with Crippen LogP contribution in [0.3, 0.4) is 0 Å². The molecular formula is C19H17N5OS. The minimum absolute atomic E-state index is 0.0471. The molecule has 0 aliphatic rings. The van der Waals surface area contributed by atoms with Gasteiger partial charge < -0.3 is 4.98 Å². The molecule has 0 bridgehead atoms. The molecule has 0 saturated carbocycles. The number of H-pyrrole nitrogens is 1. The second-order valence-electron chi connectivity index (χ2n) is 6.08. The smallest absolute Gasteiger partial charge is 0.214 e. The van der Waals surface area contributed by atoms with Crippen molar-refractivity contribution in [3.05, 3.63) is 65.9 Å². The first-order valence-electron chi connectivity index (χ1n) is 8.26. The average molecular weight is 363 g/mol. The van der Waals surface area contributed by atoms with Gasteiger partial charge in [0, 0.05) is 22.7 Å². The van der Waals surface area contributed by atoms with Gasteiger partial charge in [-0.05, 0) is 42.5 Å². The van der Waals surface area contributed by atoms with Crippen LogP contribution in [-0.2, 0) is 0 Å². The van der Waals surface area contributed by atoms with E-state index in [2.05, 4.69) is 20.5 Å². The highest BCUT2D eigenvalue weighted by atomic mass is 32.2. The Morgan fingerprint density at radius 3 is 2.73 bits per heavy atom. The Kier molecular flexibility index (Phi) is 4.30.